The standard InChI is InChI=1S/C65H15.2CO.BrH.Ru/c1-61-46-36-26-16-11-6-7-9-10-8(6)13-20-18(11)28(26)38-40-30(20)32-22(13)24-15(10)25-23-14(9)21-19-12(7)17(16)27-29(19)39-41-31(21)33(23)43-45-35(25)34(24)44-42(32)52-50(40)62(2,48(38)46)57-56(61)58-60-59(57)64(52,4)54(44)55(45)65(60,5)53(43)51(41)63(58,3)49(39)47(61)37(27)36;2*1-2;;/h1-5H3;;;1H;/q;;;;+2/p-1. The van der Waals surface area contributed by atoms with Gasteiger partial charge in [0.1, 0.15) is 0 Å². The van der Waals surface area contributed by atoms with E-state index in [9.17, 15) is 0 Å². The van der Waals surface area contributed by atoms with Crippen molar-refractivity contribution in [3.8, 4) is 0 Å². The molecule has 71 heavy (non-hydrogen) atoms. The molecule has 21 aromatic rings. The van der Waals surface area contributed by atoms with E-state index in [1.165, 1.54) is 0 Å². The van der Waals surface area contributed by atoms with Gasteiger partial charge in [-0.25, -0.2) is 0 Å². The molecule has 0 heterocycles. The van der Waals surface area contributed by atoms with Crippen molar-refractivity contribution >= 4 is 229 Å². The van der Waals surface area contributed by atoms with Gasteiger partial charge in [-0.2, -0.15) is 0 Å². The number of benzene rings is 15. The number of rotatable bonds is 0. The molecule has 0 saturated heterocycles. The Bertz CT molecular complexity index is 5340. The van der Waals surface area contributed by atoms with E-state index in [4.69, 9.17) is 9.30 Å². The average Bonchev–Trinajstić information content (AvgIpc) is 4.33. The van der Waals surface area contributed by atoms with Gasteiger partial charge in [0.15, 0.2) is 0 Å². The first-order chi connectivity index (χ1) is 34.8. The molecule has 5 radical (unpaired) electrons. The maximum absolute atomic E-state index is 7.50. The van der Waals surface area contributed by atoms with E-state index in [1.54, 1.807) is 271 Å². The van der Waals surface area contributed by atoms with Crippen LogP contribution in [0.3, 0.4) is 0 Å². The fourth-order valence-corrected chi connectivity index (χ4v) is 26.2. The van der Waals surface area contributed by atoms with Gasteiger partial charge in [0.2, 0.25) is 0 Å². The quantitative estimate of drug-likeness (QED) is 0.0629. The molecule has 0 amide bonds. The fourth-order valence-electron chi connectivity index (χ4n) is 26.2. The van der Waals surface area contributed by atoms with Crippen molar-refractivity contribution in [1.29, 1.82) is 0 Å². The summed E-state index contributed by atoms with van der Waals surface area (Å²) in [6.07, 6.45) is 0. The summed E-state index contributed by atoms with van der Waals surface area (Å²) in [5.41, 5.74) is 16.8. The van der Waals surface area contributed by atoms with Gasteiger partial charge in [0, 0.05) is 56.7 Å². The molecule has 11 aliphatic carbocycles. The van der Waals surface area contributed by atoms with E-state index < -0.39 is 0 Å². The first-order valence-electron chi connectivity index (χ1n) is 25.5. The van der Waals surface area contributed by atoms with E-state index in [2.05, 4.69) is 77.9 Å². The van der Waals surface area contributed by atoms with Gasteiger partial charge >= 0.3 is 52.6 Å². The molecule has 309 valence electrons. The van der Waals surface area contributed by atoms with Gasteiger partial charge in [-0.1, -0.05) is 34.6 Å². The van der Waals surface area contributed by atoms with Crippen molar-refractivity contribution in [3.05, 3.63) is 98.5 Å². The third-order valence-corrected chi connectivity index (χ3v) is 26.2. The van der Waals surface area contributed by atoms with Crippen LogP contribution < -0.4 is 0 Å². The van der Waals surface area contributed by atoms with E-state index in [1.807, 2.05) is 29.6 Å². The molecule has 2 nitrogen and oxygen atoms in total. The zero-order chi connectivity index (χ0) is 45.3. The second kappa shape index (κ2) is 7.13. The fraction of sp³-hybridized carbons (Fsp3) is 0.149. The van der Waals surface area contributed by atoms with Gasteiger partial charge in [-0.3, -0.25) is 0 Å². The van der Waals surface area contributed by atoms with Gasteiger partial charge in [0.25, 0.3) is 0 Å². The van der Waals surface area contributed by atoms with Gasteiger partial charge in [0.05, 0.1) is 0 Å². The summed E-state index contributed by atoms with van der Waals surface area (Å²) in [6.45, 7) is 23.2. The predicted molar refractivity (Wildman–Crippen MR) is 283 cm³/mol. The molecule has 0 N–H and O–H groups in total. The van der Waals surface area contributed by atoms with Crippen LogP contribution in [-0.2, 0) is 52.7 Å². The summed E-state index contributed by atoms with van der Waals surface area (Å²) < 4.78 is 15.0. The molecule has 0 bridgehead atoms. The van der Waals surface area contributed by atoms with Crippen LogP contribution in [0.5, 0.6) is 0 Å². The van der Waals surface area contributed by atoms with Crippen LogP contribution in [-0.4, -0.2) is 0 Å². The van der Waals surface area contributed by atoms with E-state index in [0.717, 1.165) is 0 Å². The number of hydrogen-bond acceptors (Lipinski definition) is 0. The third-order valence-electron chi connectivity index (χ3n) is 26.2. The Morgan fingerprint density at radius 3 is 0.352 bits per heavy atom. The van der Waals surface area contributed by atoms with Crippen LogP contribution in [0.1, 0.15) is 90.3 Å². The number of halogens is 1. The molecule has 0 atom stereocenters. The topological polar surface area (TPSA) is 39.8 Å². The summed E-state index contributed by atoms with van der Waals surface area (Å²) in [4.78, 5) is 0. The molecule has 32 rings (SSSR count). The summed E-state index contributed by atoms with van der Waals surface area (Å²) >= 11 is 5.03. The second-order valence-electron chi connectivity index (χ2n) is 26.2. The molecule has 0 unspecified atom stereocenters. The molecule has 4 heteroatoms. The van der Waals surface area contributed by atoms with Crippen LogP contribution >= 0.6 is 13.6 Å². The van der Waals surface area contributed by atoms with Crippen molar-refractivity contribution in [1.82, 2.24) is 0 Å². The summed E-state index contributed by atoms with van der Waals surface area (Å²) in [6, 6.07) is 0. The molecular formula is C67H15BrO2Ru+. The molecule has 0 spiro atoms. The van der Waals surface area contributed by atoms with Gasteiger partial charge in [-0.15, -0.1) is 0 Å². The third kappa shape index (κ3) is 1.67. The monoisotopic (exact) mass is 1030 g/mol. The normalized spacial score (nSPS) is 30.4. The molecular weight excluding hydrogens is 1020 g/mol. The molecule has 0 aromatic heterocycles. The zero-order valence-electron chi connectivity index (χ0n) is 37.5. The summed E-state index contributed by atoms with van der Waals surface area (Å²) in [5, 5.41) is 67.8. The molecule has 11 aliphatic rings. The predicted octanol–water partition coefficient (Wildman–Crippen LogP) is 16.4. The van der Waals surface area contributed by atoms with Crippen molar-refractivity contribution in [2.24, 2.45) is 0 Å². The Kier molecular flexibility index (Phi) is 3.17. The first kappa shape index (κ1) is 31.5. The van der Waals surface area contributed by atoms with E-state index in [-0.39, 0.29) is 27.1 Å². The maximum atomic E-state index is 7.50. The molecule has 1 fully saturated rings. The Balaban J connectivity index is 0.000000537. The average molecular weight is 1030 g/mol. The van der Waals surface area contributed by atoms with Crippen molar-refractivity contribution in [2.45, 2.75) is 61.7 Å². The Morgan fingerprint density at radius 2 is 0.268 bits per heavy atom. The van der Waals surface area contributed by atoms with Crippen LogP contribution in [0, 0.1) is 42.9 Å². The molecule has 1 saturated carbocycles. The van der Waals surface area contributed by atoms with Gasteiger partial charge < -0.3 is 0 Å². The van der Waals surface area contributed by atoms with Crippen molar-refractivity contribution < 1.29 is 25.6 Å². The van der Waals surface area contributed by atoms with Gasteiger partial charge in [-0.05, 0) is 271 Å². The molecule has 0 aliphatic heterocycles. The SMILES string of the molecule is CC12[C]3[C]4[C]5[C]6[C]3C3(C)c7c1c1c8c2c2c9c%10c(c%11c%12c%13c(c%14c%15c%16c(c3c3c7c7c1c1c%17c8c9c8c9c%10c%12c%10c%12c%13c%15c%13c%15c%16c3c3c7c1c1c(c%178)c(c9%10)c(c%12%13)c1c3%15)C6%14C)C5%11C)C42C.[Br][Ru+].[C-]#[O+].[C-]#[O+]. The minimum absolute atomic E-state index is 0.191. The zero-order valence-corrected chi connectivity index (χ0v) is 40.9. The van der Waals surface area contributed by atoms with Crippen LogP contribution in [0.25, 0.3) is 215 Å². The molecule has 21 aromatic carbocycles. The summed E-state index contributed by atoms with van der Waals surface area (Å²) in [5.74, 6) is 9.05. The second-order valence-corrected chi connectivity index (χ2v) is 26.2. The summed E-state index contributed by atoms with van der Waals surface area (Å²) in [7, 11) is 0. The first-order valence-corrected chi connectivity index (χ1v) is 29.5. The Hall–Kier alpha value is -5.92. The Morgan fingerprint density at radius 1 is 0.197 bits per heavy atom. The van der Waals surface area contributed by atoms with E-state index in [0.29, 0.717) is 0 Å². The minimum atomic E-state index is -0.191. The van der Waals surface area contributed by atoms with Crippen molar-refractivity contribution in [3.63, 3.8) is 0 Å². The van der Waals surface area contributed by atoms with Crippen LogP contribution in [0.15, 0.2) is 0 Å². The van der Waals surface area contributed by atoms with E-state index >= 15 is 0 Å². The van der Waals surface area contributed by atoms with Crippen LogP contribution in [0.2, 0.25) is 0 Å². The van der Waals surface area contributed by atoms with Crippen LogP contribution in [0.4, 0.5) is 0 Å². The van der Waals surface area contributed by atoms with Crippen molar-refractivity contribution in [2.75, 3.05) is 0 Å². The Labute approximate surface area is 412 Å². The number of hydrogen-bond donors (Lipinski definition) is 0.